The molecule has 0 saturated carbocycles. The van der Waals surface area contributed by atoms with E-state index in [0.29, 0.717) is 31.1 Å². The summed E-state index contributed by atoms with van der Waals surface area (Å²) >= 11 is 0. The van der Waals surface area contributed by atoms with Gasteiger partial charge in [0.05, 0.1) is 19.3 Å². The lowest BCUT2D eigenvalue weighted by Gasteiger charge is -2.37. The van der Waals surface area contributed by atoms with Crippen LogP contribution in [-0.2, 0) is 17.8 Å². The first kappa shape index (κ1) is 22.2. The molecule has 30 heavy (non-hydrogen) atoms. The molecular formula is C20H24ClFN4O4. The van der Waals surface area contributed by atoms with E-state index < -0.39 is 17.2 Å². The SMILES string of the molecule is Cl.O=C(NCc1ccc(F)cc1)c1nc2n(c(=O)c1O)CCCC2N1CCOCC1. The van der Waals surface area contributed by atoms with Crippen molar-refractivity contribution in [1.29, 1.82) is 0 Å². The van der Waals surface area contributed by atoms with Crippen molar-refractivity contribution in [3.05, 3.63) is 57.5 Å². The molecule has 2 aromatic rings. The van der Waals surface area contributed by atoms with Gasteiger partial charge in [0.1, 0.15) is 11.6 Å². The number of amides is 1. The molecule has 8 nitrogen and oxygen atoms in total. The van der Waals surface area contributed by atoms with E-state index in [2.05, 4.69) is 15.2 Å². The number of fused-ring (bicyclic) bond motifs is 1. The van der Waals surface area contributed by atoms with Crippen molar-refractivity contribution in [3.63, 3.8) is 0 Å². The summed E-state index contributed by atoms with van der Waals surface area (Å²) in [5.74, 6) is -1.14. The Bertz CT molecular complexity index is 961. The Kier molecular flexibility index (Phi) is 7.06. The highest BCUT2D eigenvalue weighted by atomic mass is 35.5. The summed E-state index contributed by atoms with van der Waals surface area (Å²) in [7, 11) is 0. The highest BCUT2D eigenvalue weighted by molar-refractivity contribution is 5.94. The second-order valence-corrected chi connectivity index (χ2v) is 7.24. The van der Waals surface area contributed by atoms with E-state index in [4.69, 9.17) is 4.74 Å². The molecule has 1 saturated heterocycles. The van der Waals surface area contributed by atoms with Gasteiger partial charge in [0.25, 0.3) is 11.5 Å². The maximum Gasteiger partial charge on any atom is 0.296 e. The van der Waals surface area contributed by atoms with Gasteiger partial charge in [-0.1, -0.05) is 12.1 Å². The van der Waals surface area contributed by atoms with E-state index in [0.717, 1.165) is 25.9 Å². The van der Waals surface area contributed by atoms with Crippen LogP contribution in [0.15, 0.2) is 29.1 Å². The molecule has 0 spiro atoms. The molecule has 2 aliphatic heterocycles. The minimum Gasteiger partial charge on any atom is -0.501 e. The first-order valence-electron chi connectivity index (χ1n) is 9.72. The average Bonchev–Trinajstić information content (AvgIpc) is 2.76. The smallest absolute Gasteiger partial charge is 0.296 e. The summed E-state index contributed by atoms with van der Waals surface area (Å²) < 4.78 is 19.9. The maximum absolute atomic E-state index is 13.0. The number of ether oxygens (including phenoxy) is 1. The summed E-state index contributed by atoms with van der Waals surface area (Å²) in [6.07, 6.45) is 1.63. The van der Waals surface area contributed by atoms with E-state index in [9.17, 15) is 19.1 Å². The number of carbonyl (C=O) groups excluding carboxylic acids is 1. The van der Waals surface area contributed by atoms with Gasteiger partial charge in [-0.15, -0.1) is 12.4 Å². The summed E-state index contributed by atoms with van der Waals surface area (Å²) in [6.45, 7) is 3.28. The Morgan fingerprint density at radius 3 is 2.63 bits per heavy atom. The van der Waals surface area contributed by atoms with E-state index in [1.54, 1.807) is 12.1 Å². The number of rotatable bonds is 4. The summed E-state index contributed by atoms with van der Waals surface area (Å²) in [4.78, 5) is 31.9. The van der Waals surface area contributed by atoms with Crippen LogP contribution >= 0.6 is 12.4 Å². The second kappa shape index (κ2) is 9.55. The Balaban J connectivity index is 0.00000256. The van der Waals surface area contributed by atoms with Crippen molar-refractivity contribution in [1.82, 2.24) is 19.8 Å². The van der Waals surface area contributed by atoms with E-state index >= 15 is 0 Å². The monoisotopic (exact) mass is 438 g/mol. The molecule has 1 aromatic heterocycles. The van der Waals surface area contributed by atoms with Crippen LogP contribution < -0.4 is 10.9 Å². The molecule has 2 aliphatic rings. The van der Waals surface area contributed by atoms with Crippen molar-refractivity contribution >= 4 is 18.3 Å². The zero-order valence-corrected chi connectivity index (χ0v) is 17.2. The first-order chi connectivity index (χ1) is 14.0. The lowest BCUT2D eigenvalue weighted by Crippen LogP contribution is -2.44. The second-order valence-electron chi connectivity index (χ2n) is 7.24. The minimum atomic E-state index is -0.645. The molecule has 1 amide bonds. The summed E-state index contributed by atoms with van der Waals surface area (Å²) in [6, 6.07) is 5.62. The molecule has 1 aromatic carbocycles. The molecule has 3 heterocycles. The Morgan fingerprint density at radius 2 is 1.93 bits per heavy atom. The topological polar surface area (TPSA) is 96.7 Å². The number of aromatic hydroxyl groups is 1. The Hall–Kier alpha value is -2.49. The third kappa shape index (κ3) is 4.48. The predicted octanol–water partition coefficient (Wildman–Crippen LogP) is 1.61. The van der Waals surface area contributed by atoms with E-state index in [1.165, 1.54) is 16.7 Å². The van der Waals surface area contributed by atoms with Crippen molar-refractivity contribution in [2.75, 3.05) is 26.3 Å². The fourth-order valence-corrected chi connectivity index (χ4v) is 3.87. The standard InChI is InChI=1S/C20H23FN4O4.ClH/c21-14-5-3-13(4-6-14)12-22-19(27)16-17(26)20(28)25-7-1-2-15(18(25)23-16)24-8-10-29-11-9-24;/h3-6,15,26H,1-2,7-12H2,(H,22,27);1H. The molecule has 1 atom stereocenters. The number of nitrogens with zero attached hydrogens (tertiary/aromatic N) is 3. The summed E-state index contributed by atoms with van der Waals surface area (Å²) in [5, 5.41) is 13.0. The van der Waals surface area contributed by atoms with Crippen molar-refractivity contribution in [3.8, 4) is 5.75 Å². The van der Waals surface area contributed by atoms with Crippen LogP contribution in [0.2, 0.25) is 0 Å². The van der Waals surface area contributed by atoms with Gasteiger partial charge in [0, 0.05) is 26.2 Å². The van der Waals surface area contributed by atoms with Crippen LogP contribution in [-0.4, -0.2) is 51.8 Å². The Morgan fingerprint density at radius 1 is 1.23 bits per heavy atom. The van der Waals surface area contributed by atoms with Crippen molar-refractivity contribution in [2.24, 2.45) is 0 Å². The molecule has 0 bridgehead atoms. The van der Waals surface area contributed by atoms with Gasteiger partial charge in [-0.3, -0.25) is 19.1 Å². The molecule has 0 radical (unpaired) electrons. The fourth-order valence-electron chi connectivity index (χ4n) is 3.87. The molecule has 10 heteroatoms. The van der Waals surface area contributed by atoms with Gasteiger partial charge >= 0.3 is 0 Å². The molecule has 0 aliphatic carbocycles. The minimum absolute atomic E-state index is 0. The fraction of sp³-hybridized carbons (Fsp3) is 0.450. The lowest BCUT2D eigenvalue weighted by molar-refractivity contribution is 0.00752. The summed E-state index contributed by atoms with van der Waals surface area (Å²) in [5.41, 5.74) is -0.177. The zero-order chi connectivity index (χ0) is 20.4. The number of halogens is 2. The number of hydrogen-bond acceptors (Lipinski definition) is 6. The number of aromatic nitrogens is 2. The van der Waals surface area contributed by atoms with Crippen LogP contribution in [0.4, 0.5) is 4.39 Å². The zero-order valence-electron chi connectivity index (χ0n) is 16.3. The highest BCUT2D eigenvalue weighted by Gasteiger charge is 2.32. The number of hydrogen-bond donors (Lipinski definition) is 2. The normalized spacial score (nSPS) is 18.9. The van der Waals surface area contributed by atoms with Crippen LogP contribution in [0.25, 0.3) is 0 Å². The van der Waals surface area contributed by atoms with Crippen LogP contribution in [0.5, 0.6) is 5.75 Å². The molecular weight excluding hydrogens is 415 g/mol. The maximum atomic E-state index is 13.0. The number of nitrogens with one attached hydrogen (secondary N) is 1. The quantitative estimate of drug-likeness (QED) is 0.752. The Labute approximate surface area is 179 Å². The van der Waals surface area contributed by atoms with Crippen molar-refractivity contribution < 1.29 is 19.0 Å². The average molecular weight is 439 g/mol. The van der Waals surface area contributed by atoms with Gasteiger partial charge < -0.3 is 15.2 Å². The molecule has 162 valence electrons. The number of morpholine rings is 1. The van der Waals surface area contributed by atoms with Crippen LogP contribution in [0.1, 0.15) is 40.8 Å². The molecule has 1 fully saturated rings. The van der Waals surface area contributed by atoms with Gasteiger partial charge in [0.2, 0.25) is 5.75 Å². The van der Waals surface area contributed by atoms with E-state index in [-0.39, 0.29) is 36.5 Å². The third-order valence-electron chi connectivity index (χ3n) is 5.40. The van der Waals surface area contributed by atoms with Gasteiger partial charge in [-0.25, -0.2) is 9.37 Å². The van der Waals surface area contributed by atoms with Gasteiger partial charge in [-0.2, -0.15) is 0 Å². The number of carbonyl (C=O) groups is 1. The van der Waals surface area contributed by atoms with Crippen LogP contribution in [0.3, 0.4) is 0 Å². The van der Waals surface area contributed by atoms with Gasteiger partial charge in [0.15, 0.2) is 5.69 Å². The van der Waals surface area contributed by atoms with Crippen LogP contribution in [0, 0.1) is 5.82 Å². The van der Waals surface area contributed by atoms with Gasteiger partial charge in [-0.05, 0) is 30.5 Å². The first-order valence-corrected chi connectivity index (χ1v) is 9.72. The predicted molar refractivity (Wildman–Crippen MR) is 109 cm³/mol. The molecule has 2 N–H and O–H groups in total. The largest absolute Gasteiger partial charge is 0.501 e. The third-order valence-corrected chi connectivity index (χ3v) is 5.40. The molecule has 4 rings (SSSR count). The number of benzene rings is 1. The molecule has 1 unspecified atom stereocenters. The van der Waals surface area contributed by atoms with E-state index in [1.807, 2.05) is 0 Å². The lowest BCUT2D eigenvalue weighted by atomic mass is 10.0. The highest BCUT2D eigenvalue weighted by Crippen LogP contribution is 2.30. The van der Waals surface area contributed by atoms with Crippen molar-refractivity contribution in [2.45, 2.75) is 32.0 Å².